The number of nitriles is 1. The summed E-state index contributed by atoms with van der Waals surface area (Å²) in [5, 5.41) is 17.5. The minimum Gasteiger partial charge on any atom is -0.463 e. The van der Waals surface area contributed by atoms with Crippen molar-refractivity contribution in [2.75, 3.05) is 6.61 Å². The lowest BCUT2D eigenvalue weighted by molar-refractivity contribution is -0.218. The molecular formula is C21H20F2N4O7. The summed E-state index contributed by atoms with van der Waals surface area (Å²) in [5.41, 5.74) is 0.121. The minimum absolute atomic E-state index is 0.0538. The zero-order valence-electron chi connectivity index (χ0n) is 18.3. The van der Waals surface area contributed by atoms with Gasteiger partial charge in [0.15, 0.2) is 18.3 Å². The van der Waals surface area contributed by atoms with Gasteiger partial charge in [0.1, 0.15) is 36.1 Å². The van der Waals surface area contributed by atoms with Gasteiger partial charge in [0.25, 0.3) is 0 Å². The van der Waals surface area contributed by atoms with Gasteiger partial charge < -0.3 is 18.9 Å². The Kier molecular flexibility index (Phi) is 7.52. The second kappa shape index (κ2) is 10.3. The zero-order valence-corrected chi connectivity index (χ0v) is 18.3. The van der Waals surface area contributed by atoms with Crippen LogP contribution in [0.1, 0.15) is 26.8 Å². The van der Waals surface area contributed by atoms with Crippen molar-refractivity contribution < 1.29 is 42.1 Å². The van der Waals surface area contributed by atoms with Gasteiger partial charge in [-0.05, 0) is 12.1 Å². The lowest BCUT2D eigenvalue weighted by Crippen LogP contribution is -2.58. The normalized spacial score (nSPS) is 24.1. The molecule has 0 N–H and O–H groups in total. The maximum Gasteiger partial charge on any atom is 0.303 e. The highest BCUT2D eigenvalue weighted by molar-refractivity contribution is 5.67. The van der Waals surface area contributed by atoms with Crippen molar-refractivity contribution in [3.63, 3.8) is 0 Å². The van der Waals surface area contributed by atoms with Gasteiger partial charge in [-0.2, -0.15) is 5.26 Å². The summed E-state index contributed by atoms with van der Waals surface area (Å²) in [4.78, 5) is 35.0. The number of nitrogens with zero attached hydrogens (tertiary/aromatic N) is 4. The van der Waals surface area contributed by atoms with Gasteiger partial charge in [-0.1, -0.05) is 5.21 Å². The molecule has 0 bridgehead atoms. The number of hydrogen-bond acceptors (Lipinski definition) is 10. The first kappa shape index (κ1) is 24.7. The van der Waals surface area contributed by atoms with E-state index in [0.29, 0.717) is 6.07 Å². The van der Waals surface area contributed by atoms with Gasteiger partial charge in [0.05, 0.1) is 12.3 Å². The number of benzene rings is 1. The molecule has 13 heteroatoms. The molecule has 0 radical (unpaired) electrons. The van der Waals surface area contributed by atoms with Crippen molar-refractivity contribution >= 4 is 17.9 Å². The second-order valence-corrected chi connectivity index (χ2v) is 7.41. The Morgan fingerprint density at radius 3 is 2.24 bits per heavy atom. The van der Waals surface area contributed by atoms with E-state index in [-0.39, 0.29) is 17.9 Å². The molecule has 0 spiro atoms. The summed E-state index contributed by atoms with van der Waals surface area (Å²) in [7, 11) is 0. The highest BCUT2D eigenvalue weighted by atomic mass is 19.1. The molecule has 1 aromatic heterocycles. The number of aromatic nitrogens is 3. The highest BCUT2D eigenvalue weighted by Gasteiger charge is 2.52. The number of carbonyl (C=O) groups is 3. The summed E-state index contributed by atoms with van der Waals surface area (Å²) in [6.07, 6.45) is -3.77. The van der Waals surface area contributed by atoms with Crippen molar-refractivity contribution in [1.29, 1.82) is 5.26 Å². The first-order chi connectivity index (χ1) is 16.1. The maximum atomic E-state index is 13.7. The van der Waals surface area contributed by atoms with E-state index in [2.05, 4.69) is 10.3 Å². The smallest absolute Gasteiger partial charge is 0.303 e. The minimum atomic E-state index is -1.36. The van der Waals surface area contributed by atoms with E-state index in [1.165, 1.54) is 6.20 Å². The monoisotopic (exact) mass is 478 g/mol. The van der Waals surface area contributed by atoms with E-state index in [1.807, 2.05) is 6.07 Å². The predicted molar refractivity (Wildman–Crippen MR) is 106 cm³/mol. The third kappa shape index (κ3) is 5.70. The van der Waals surface area contributed by atoms with Gasteiger partial charge in [-0.3, -0.25) is 14.4 Å². The third-order valence-electron chi connectivity index (χ3n) is 4.82. The Morgan fingerprint density at radius 1 is 1.06 bits per heavy atom. The zero-order chi connectivity index (χ0) is 25.0. The van der Waals surface area contributed by atoms with Crippen LogP contribution in [0.4, 0.5) is 8.78 Å². The van der Waals surface area contributed by atoms with Gasteiger partial charge in [-0.25, -0.2) is 13.5 Å². The standard InChI is InChI=1S/C21H20F2N4O7/c1-10(28)31-9-18-21(33-12(3)30)19(20(32-11(2)29)17(7-24)34-18)27-8-16(25-26-27)13-4-14(22)6-15(23)5-13/h4-6,8,17-21H,9H2,1-3H3/t17-,18+,19+,20-,21-/m0/s1. The quantitative estimate of drug-likeness (QED) is 0.442. The number of halogens is 2. The first-order valence-corrected chi connectivity index (χ1v) is 10.00. The highest BCUT2D eigenvalue weighted by Crippen LogP contribution is 2.35. The molecule has 0 saturated carbocycles. The molecule has 34 heavy (non-hydrogen) atoms. The maximum absolute atomic E-state index is 13.7. The van der Waals surface area contributed by atoms with Gasteiger partial charge >= 0.3 is 17.9 Å². The number of ether oxygens (including phenoxy) is 4. The van der Waals surface area contributed by atoms with E-state index >= 15 is 0 Å². The van der Waals surface area contributed by atoms with Crippen LogP contribution in [0.15, 0.2) is 24.4 Å². The lowest BCUT2D eigenvalue weighted by atomic mass is 9.92. The number of hydrogen-bond donors (Lipinski definition) is 0. The summed E-state index contributed by atoms with van der Waals surface area (Å²) >= 11 is 0. The Morgan fingerprint density at radius 2 is 1.68 bits per heavy atom. The van der Waals surface area contributed by atoms with Gasteiger partial charge in [0, 0.05) is 32.4 Å². The molecule has 1 fully saturated rings. The topological polar surface area (TPSA) is 143 Å². The SMILES string of the molecule is CC(=O)OC[C@H]1O[C@@H](C#N)[C@H](OC(C)=O)[C@@H](n2cc(-c3cc(F)cc(F)c3)nn2)[C@H]1OC(C)=O. The van der Waals surface area contributed by atoms with Crippen LogP contribution >= 0.6 is 0 Å². The van der Waals surface area contributed by atoms with E-state index in [0.717, 1.165) is 37.6 Å². The average Bonchev–Trinajstić information content (AvgIpc) is 3.21. The molecule has 5 atom stereocenters. The van der Waals surface area contributed by atoms with Crippen LogP contribution in [0.25, 0.3) is 11.3 Å². The number of esters is 3. The Labute approximate surface area is 192 Å². The van der Waals surface area contributed by atoms with Crippen LogP contribution < -0.4 is 0 Å². The molecule has 180 valence electrons. The van der Waals surface area contributed by atoms with Gasteiger partial charge in [-0.15, -0.1) is 5.10 Å². The van der Waals surface area contributed by atoms with Crippen molar-refractivity contribution in [2.24, 2.45) is 0 Å². The molecule has 0 aliphatic carbocycles. The molecule has 1 aliphatic rings. The molecule has 1 aliphatic heterocycles. The fourth-order valence-electron chi connectivity index (χ4n) is 3.58. The Balaban J connectivity index is 2.08. The molecule has 1 aromatic carbocycles. The van der Waals surface area contributed by atoms with E-state index in [1.54, 1.807) is 0 Å². The summed E-state index contributed by atoms with van der Waals surface area (Å²) in [5.74, 6) is -3.81. The van der Waals surface area contributed by atoms with E-state index in [9.17, 15) is 28.4 Å². The van der Waals surface area contributed by atoms with Crippen molar-refractivity contribution in [1.82, 2.24) is 15.0 Å². The van der Waals surface area contributed by atoms with Crippen LogP contribution in [-0.2, 0) is 33.3 Å². The molecule has 2 heterocycles. The molecule has 11 nitrogen and oxygen atoms in total. The largest absolute Gasteiger partial charge is 0.463 e. The molecule has 0 unspecified atom stereocenters. The molecule has 0 amide bonds. The van der Waals surface area contributed by atoms with Crippen LogP contribution in [0, 0.1) is 23.0 Å². The van der Waals surface area contributed by atoms with E-state index in [4.69, 9.17) is 18.9 Å². The van der Waals surface area contributed by atoms with Crippen LogP contribution in [0.2, 0.25) is 0 Å². The second-order valence-electron chi connectivity index (χ2n) is 7.41. The van der Waals surface area contributed by atoms with Crippen LogP contribution in [-0.4, -0.2) is 63.9 Å². The van der Waals surface area contributed by atoms with Gasteiger partial charge in [0.2, 0.25) is 0 Å². The summed E-state index contributed by atoms with van der Waals surface area (Å²) in [6, 6.07) is 3.47. The first-order valence-electron chi connectivity index (χ1n) is 10.00. The van der Waals surface area contributed by atoms with Crippen LogP contribution in [0.3, 0.4) is 0 Å². The third-order valence-corrected chi connectivity index (χ3v) is 4.82. The Hall–Kier alpha value is -3.92. The van der Waals surface area contributed by atoms with Crippen molar-refractivity contribution in [3.8, 4) is 17.3 Å². The average molecular weight is 478 g/mol. The van der Waals surface area contributed by atoms with Crippen molar-refractivity contribution in [3.05, 3.63) is 36.0 Å². The predicted octanol–water partition coefficient (Wildman–Crippen LogP) is 1.48. The fraction of sp³-hybridized carbons (Fsp3) is 0.429. The van der Waals surface area contributed by atoms with Crippen LogP contribution in [0.5, 0.6) is 0 Å². The summed E-state index contributed by atoms with van der Waals surface area (Å²) in [6.45, 7) is 3.01. The number of carbonyl (C=O) groups excluding carboxylic acids is 3. The van der Waals surface area contributed by atoms with E-state index < -0.39 is 60.0 Å². The number of rotatable bonds is 6. The molecule has 3 rings (SSSR count). The lowest BCUT2D eigenvalue weighted by Gasteiger charge is -2.42. The summed E-state index contributed by atoms with van der Waals surface area (Å²) < 4.78 is 49.8. The van der Waals surface area contributed by atoms with Crippen molar-refractivity contribution in [2.45, 2.75) is 51.2 Å². The Bertz CT molecular complexity index is 1110. The molecular weight excluding hydrogens is 458 g/mol. The fourth-order valence-corrected chi connectivity index (χ4v) is 3.58. The molecule has 1 saturated heterocycles. The molecule has 2 aromatic rings.